The monoisotopic (exact) mass is 258 g/mol. The molecular weight excluding hydrogens is 244 g/mol. The van der Waals surface area contributed by atoms with Crippen molar-refractivity contribution in [2.75, 3.05) is 0 Å². The third-order valence-electron chi connectivity index (χ3n) is 2.87. The number of amidine groups is 1. The summed E-state index contributed by atoms with van der Waals surface area (Å²) in [7, 11) is 0. The summed E-state index contributed by atoms with van der Waals surface area (Å²) >= 11 is 0. The van der Waals surface area contributed by atoms with E-state index in [-0.39, 0.29) is 17.0 Å². The lowest BCUT2D eigenvalue weighted by Crippen LogP contribution is -2.31. The number of nitrogens with two attached hydrogens (primary N) is 1. The Balaban J connectivity index is 2.49. The van der Waals surface area contributed by atoms with E-state index in [4.69, 9.17) is 10.9 Å². The highest BCUT2D eigenvalue weighted by Crippen LogP contribution is 2.04. The highest BCUT2D eigenvalue weighted by molar-refractivity contribution is 5.96. The van der Waals surface area contributed by atoms with Crippen molar-refractivity contribution in [3.63, 3.8) is 0 Å². The van der Waals surface area contributed by atoms with Gasteiger partial charge in [0.15, 0.2) is 5.84 Å². The predicted molar refractivity (Wildman–Crippen MR) is 71.3 cm³/mol. The minimum atomic E-state index is -0.285. The molecule has 0 saturated carbocycles. The summed E-state index contributed by atoms with van der Waals surface area (Å²) in [6.45, 7) is 2.25. The lowest BCUT2D eigenvalue weighted by molar-refractivity contribution is 0.318. The molecule has 6 nitrogen and oxygen atoms in total. The van der Waals surface area contributed by atoms with Gasteiger partial charge in [-0.05, 0) is 36.8 Å². The fourth-order valence-electron chi connectivity index (χ4n) is 1.79. The Morgan fingerprint density at radius 1 is 1.37 bits per heavy atom. The lowest BCUT2D eigenvalue weighted by Gasteiger charge is -2.11. The van der Waals surface area contributed by atoms with Crippen molar-refractivity contribution in [1.82, 2.24) is 9.55 Å². The highest BCUT2D eigenvalue weighted by atomic mass is 16.4. The van der Waals surface area contributed by atoms with Crippen LogP contribution in [-0.2, 0) is 6.54 Å². The molecule has 0 saturated heterocycles. The Bertz CT molecular complexity index is 662. The third-order valence-corrected chi connectivity index (χ3v) is 2.87. The van der Waals surface area contributed by atoms with Crippen LogP contribution in [0.25, 0.3) is 0 Å². The van der Waals surface area contributed by atoms with Gasteiger partial charge in [0.05, 0.1) is 12.1 Å². The summed E-state index contributed by atoms with van der Waals surface area (Å²) < 4.78 is 1.57. The number of aromatic nitrogens is 2. The topological polar surface area (TPSA) is 93.5 Å². The summed E-state index contributed by atoms with van der Waals surface area (Å²) in [4.78, 5) is 16.2. The van der Waals surface area contributed by atoms with Crippen LogP contribution in [0.4, 0.5) is 0 Å². The largest absolute Gasteiger partial charge is 0.409 e. The molecule has 0 amide bonds. The van der Waals surface area contributed by atoms with Gasteiger partial charge in [-0.1, -0.05) is 5.16 Å². The summed E-state index contributed by atoms with van der Waals surface area (Å²) in [5, 5.41) is 11.5. The molecule has 2 rings (SSSR count). The zero-order valence-corrected chi connectivity index (χ0v) is 10.4. The molecule has 2 aromatic rings. The van der Waals surface area contributed by atoms with Gasteiger partial charge in [-0.3, -0.25) is 9.78 Å². The molecule has 0 radical (unpaired) electrons. The minimum absolute atomic E-state index is 0.183. The molecular formula is C13H14N4O2. The Hall–Kier alpha value is -2.63. The molecule has 0 fully saturated rings. The lowest BCUT2D eigenvalue weighted by atomic mass is 10.2. The van der Waals surface area contributed by atoms with Crippen molar-refractivity contribution in [3.05, 3.63) is 63.8 Å². The number of pyridine rings is 2. The SMILES string of the molecule is Cc1ccc(/C(N)=N/O)c(=O)n1Cc1ccncc1. The Kier molecular flexibility index (Phi) is 3.61. The van der Waals surface area contributed by atoms with Gasteiger partial charge in [-0.15, -0.1) is 0 Å². The van der Waals surface area contributed by atoms with E-state index in [2.05, 4.69) is 10.1 Å². The first-order valence-corrected chi connectivity index (χ1v) is 5.70. The van der Waals surface area contributed by atoms with Gasteiger partial charge in [0.25, 0.3) is 5.56 Å². The van der Waals surface area contributed by atoms with Crippen molar-refractivity contribution < 1.29 is 5.21 Å². The van der Waals surface area contributed by atoms with E-state index < -0.39 is 0 Å². The van der Waals surface area contributed by atoms with Crippen LogP contribution in [-0.4, -0.2) is 20.6 Å². The average Bonchev–Trinajstić information content (AvgIpc) is 2.44. The van der Waals surface area contributed by atoms with Gasteiger partial charge in [0.2, 0.25) is 0 Å². The zero-order valence-electron chi connectivity index (χ0n) is 10.4. The molecule has 2 heterocycles. The molecule has 0 unspecified atom stereocenters. The van der Waals surface area contributed by atoms with Gasteiger partial charge in [-0.2, -0.15) is 0 Å². The Morgan fingerprint density at radius 2 is 2.05 bits per heavy atom. The summed E-state index contributed by atoms with van der Waals surface area (Å²) in [6, 6.07) is 6.98. The average molecular weight is 258 g/mol. The van der Waals surface area contributed by atoms with Crippen LogP contribution in [0.2, 0.25) is 0 Å². The molecule has 0 bridgehead atoms. The fourth-order valence-corrected chi connectivity index (χ4v) is 1.79. The van der Waals surface area contributed by atoms with Crippen LogP contribution in [0.5, 0.6) is 0 Å². The van der Waals surface area contributed by atoms with E-state index in [0.717, 1.165) is 11.3 Å². The van der Waals surface area contributed by atoms with Crippen molar-refractivity contribution in [1.29, 1.82) is 0 Å². The van der Waals surface area contributed by atoms with E-state index >= 15 is 0 Å². The molecule has 0 aliphatic rings. The number of aryl methyl sites for hydroxylation is 1. The molecule has 19 heavy (non-hydrogen) atoms. The smallest absolute Gasteiger partial charge is 0.262 e. The molecule has 98 valence electrons. The van der Waals surface area contributed by atoms with Crippen molar-refractivity contribution >= 4 is 5.84 Å². The second kappa shape index (κ2) is 5.34. The Labute approximate surface area is 109 Å². The van der Waals surface area contributed by atoms with Gasteiger partial charge in [0, 0.05) is 18.1 Å². The normalized spacial score (nSPS) is 11.5. The van der Waals surface area contributed by atoms with E-state index in [1.165, 1.54) is 0 Å². The minimum Gasteiger partial charge on any atom is -0.409 e. The maximum atomic E-state index is 12.3. The summed E-state index contributed by atoms with van der Waals surface area (Å²) in [6.07, 6.45) is 3.34. The first-order chi connectivity index (χ1) is 9.13. The molecule has 0 aliphatic carbocycles. The van der Waals surface area contributed by atoms with Crippen LogP contribution in [0.15, 0.2) is 46.6 Å². The van der Waals surface area contributed by atoms with Crippen LogP contribution < -0.4 is 11.3 Å². The molecule has 3 N–H and O–H groups in total. The molecule has 0 aliphatic heterocycles. The van der Waals surface area contributed by atoms with E-state index in [9.17, 15) is 4.79 Å². The molecule has 0 aromatic carbocycles. The quantitative estimate of drug-likeness (QED) is 0.366. The number of nitrogens with zero attached hydrogens (tertiary/aromatic N) is 3. The number of oxime groups is 1. The van der Waals surface area contributed by atoms with E-state index in [1.807, 2.05) is 19.1 Å². The van der Waals surface area contributed by atoms with Crippen LogP contribution >= 0.6 is 0 Å². The van der Waals surface area contributed by atoms with Gasteiger partial charge >= 0.3 is 0 Å². The van der Waals surface area contributed by atoms with E-state index in [1.54, 1.807) is 29.1 Å². The highest BCUT2D eigenvalue weighted by Gasteiger charge is 2.10. The first-order valence-electron chi connectivity index (χ1n) is 5.70. The van der Waals surface area contributed by atoms with E-state index in [0.29, 0.717) is 6.54 Å². The van der Waals surface area contributed by atoms with Crippen LogP contribution in [0.3, 0.4) is 0 Å². The standard InChI is InChI=1S/C13H14N4O2/c1-9-2-3-11(12(14)16-19)13(18)17(9)8-10-4-6-15-7-5-10/h2-7,19H,8H2,1H3,(H2,14,16). The fraction of sp³-hybridized carbons (Fsp3) is 0.154. The second-order valence-electron chi connectivity index (χ2n) is 4.12. The van der Waals surface area contributed by atoms with Gasteiger partial charge in [0.1, 0.15) is 0 Å². The first kappa shape index (κ1) is 12.8. The number of hydrogen-bond acceptors (Lipinski definition) is 4. The van der Waals surface area contributed by atoms with Crippen LogP contribution in [0.1, 0.15) is 16.8 Å². The van der Waals surface area contributed by atoms with Gasteiger partial charge in [-0.25, -0.2) is 0 Å². The van der Waals surface area contributed by atoms with Crippen molar-refractivity contribution in [3.8, 4) is 0 Å². The van der Waals surface area contributed by atoms with Crippen molar-refractivity contribution in [2.24, 2.45) is 10.9 Å². The Morgan fingerprint density at radius 3 is 2.68 bits per heavy atom. The summed E-state index contributed by atoms with van der Waals surface area (Å²) in [5.41, 5.74) is 7.14. The molecule has 2 aromatic heterocycles. The molecule has 0 spiro atoms. The summed E-state index contributed by atoms with van der Waals surface area (Å²) in [5.74, 6) is -0.187. The number of rotatable bonds is 3. The predicted octanol–water partition coefficient (Wildman–Crippen LogP) is 0.695. The third kappa shape index (κ3) is 2.62. The second-order valence-corrected chi connectivity index (χ2v) is 4.12. The van der Waals surface area contributed by atoms with Gasteiger partial charge < -0.3 is 15.5 Å². The van der Waals surface area contributed by atoms with Crippen molar-refractivity contribution in [2.45, 2.75) is 13.5 Å². The molecule has 0 atom stereocenters. The maximum Gasteiger partial charge on any atom is 0.262 e. The molecule has 6 heteroatoms. The van der Waals surface area contributed by atoms with Crippen LogP contribution in [0, 0.1) is 6.92 Å². The maximum absolute atomic E-state index is 12.3. The number of hydrogen-bond donors (Lipinski definition) is 2. The zero-order chi connectivity index (χ0) is 13.8.